The van der Waals surface area contributed by atoms with Crippen molar-refractivity contribution in [1.82, 2.24) is 14.9 Å². The zero-order valence-corrected chi connectivity index (χ0v) is 12.1. The lowest BCUT2D eigenvalue weighted by atomic mass is 10.0. The van der Waals surface area contributed by atoms with Crippen molar-refractivity contribution in [2.75, 3.05) is 6.54 Å². The van der Waals surface area contributed by atoms with Crippen molar-refractivity contribution in [3.05, 3.63) is 42.2 Å². The highest BCUT2D eigenvalue weighted by Crippen LogP contribution is 2.23. The molecule has 102 valence electrons. The molecule has 3 heteroatoms. The Bertz CT molecular complexity index is 516. The lowest BCUT2D eigenvalue weighted by Crippen LogP contribution is -2.21. The number of rotatable bonds is 6. The van der Waals surface area contributed by atoms with Gasteiger partial charge in [0.15, 0.2) is 0 Å². The summed E-state index contributed by atoms with van der Waals surface area (Å²) in [5.74, 6) is 1.02. The normalized spacial score (nSPS) is 12.6. The average Bonchev–Trinajstić information content (AvgIpc) is 2.86. The van der Waals surface area contributed by atoms with E-state index in [0.717, 1.165) is 25.2 Å². The first-order valence-corrected chi connectivity index (χ1v) is 7.07. The van der Waals surface area contributed by atoms with E-state index in [0.29, 0.717) is 6.04 Å². The summed E-state index contributed by atoms with van der Waals surface area (Å²) < 4.78 is 2.06. The number of hydrogen-bond donors (Lipinski definition) is 1. The van der Waals surface area contributed by atoms with Gasteiger partial charge < -0.3 is 9.88 Å². The Labute approximate surface area is 115 Å². The molecule has 0 aliphatic rings. The van der Waals surface area contributed by atoms with Crippen LogP contribution in [0.1, 0.15) is 38.3 Å². The molecule has 1 unspecified atom stereocenters. The van der Waals surface area contributed by atoms with Crippen LogP contribution < -0.4 is 5.32 Å². The van der Waals surface area contributed by atoms with Crippen LogP contribution in [0, 0.1) is 0 Å². The number of nitrogens with zero attached hydrogens (tertiary/aromatic N) is 2. The average molecular weight is 257 g/mol. The van der Waals surface area contributed by atoms with Gasteiger partial charge in [0.2, 0.25) is 0 Å². The number of aryl methyl sites for hydroxylation is 1. The van der Waals surface area contributed by atoms with Crippen molar-refractivity contribution in [2.45, 2.75) is 32.7 Å². The smallest absolute Gasteiger partial charge is 0.139 e. The minimum absolute atomic E-state index is 0.431. The van der Waals surface area contributed by atoms with Crippen LogP contribution >= 0.6 is 0 Å². The van der Waals surface area contributed by atoms with Gasteiger partial charge in [0, 0.05) is 31.0 Å². The molecule has 0 spiro atoms. The number of benzene rings is 1. The van der Waals surface area contributed by atoms with E-state index in [-0.39, 0.29) is 0 Å². The Morgan fingerprint density at radius 2 is 2.16 bits per heavy atom. The lowest BCUT2D eigenvalue weighted by molar-refractivity contribution is 0.518. The third kappa shape index (κ3) is 3.24. The van der Waals surface area contributed by atoms with Crippen molar-refractivity contribution in [3.63, 3.8) is 0 Å². The van der Waals surface area contributed by atoms with Gasteiger partial charge in [-0.3, -0.25) is 0 Å². The second-order valence-corrected chi connectivity index (χ2v) is 4.90. The molecule has 0 fully saturated rings. The van der Waals surface area contributed by atoms with E-state index >= 15 is 0 Å². The van der Waals surface area contributed by atoms with E-state index in [1.54, 1.807) is 0 Å². The first kappa shape index (κ1) is 13.8. The van der Waals surface area contributed by atoms with Crippen LogP contribution in [0.3, 0.4) is 0 Å². The Kier molecular flexibility index (Phi) is 4.74. The zero-order valence-electron chi connectivity index (χ0n) is 12.1. The Balaban J connectivity index is 2.26. The maximum Gasteiger partial charge on any atom is 0.139 e. The molecule has 0 aliphatic carbocycles. The van der Waals surface area contributed by atoms with Crippen LogP contribution in [-0.4, -0.2) is 16.1 Å². The summed E-state index contributed by atoms with van der Waals surface area (Å²) in [5.41, 5.74) is 2.53. The summed E-state index contributed by atoms with van der Waals surface area (Å²) in [4.78, 5) is 4.42. The van der Waals surface area contributed by atoms with Gasteiger partial charge >= 0.3 is 0 Å². The fourth-order valence-electron chi connectivity index (χ4n) is 2.35. The summed E-state index contributed by atoms with van der Waals surface area (Å²) in [6.07, 6.45) is 6.09. The fourth-order valence-corrected chi connectivity index (χ4v) is 2.35. The molecule has 0 saturated carbocycles. The minimum atomic E-state index is 0.431. The van der Waals surface area contributed by atoms with Crippen molar-refractivity contribution in [1.29, 1.82) is 0 Å². The highest BCUT2D eigenvalue weighted by molar-refractivity contribution is 5.57. The molecular weight excluding hydrogens is 234 g/mol. The van der Waals surface area contributed by atoms with E-state index in [1.807, 2.05) is 19.4 Å². The second-order valence-electron chi connectivity index (χ2n) is 4.90. The molecule has 1 heterocycles. The molecule has 0 amide bonds. The summed E-state index contributed by atoms with van der Waals surface area (Å²) in [6.45, 7) is 5.48. The molecule has 0 radical (unpaired) electrons. The number of hydrogen-bond acceptors (Lipinski definition) is 2. The van der Waals surface area contributed by atoms with E-state index < -0.39 is 0 Å². The first-order chi connectivity index (χ1) is 9.26. The summed E-state index contributed by atoms with van der Waals surface area (Å²) in [5, 5.41) is 3.60. The highest BCUT2D eigenvalue weighted by Gasteiger charge is 2.10. The molecule has 0 aliphatic heterocycles. The monoisotopic (exact) mass is 257 g/mol. The third-order valence-corrected chi connectivity index (χ3v) is 3.42. The molecule has 0 bridgehead atoms. The van der Waals surface area contributed by atoms with E-state index in [2.05, 4.69) is 53.0 Å². The zero-order chi connectivity index (χ0) is 13.7. The largest absolute Gasteiger partial charge is 0.334 e. The molecule has 1 aromatic carbocycles. The molecule has 2 aromatic rings. The molecule has 1 aromatic heterocycles. The minimum Gasteiger partial charge on any atom is -0.334 e. The Morgan fingerprint density at radius 3 is 2.79 bits per heavy atom. The second kappa shape index (κ2) is 6.53. The maximum atomic E-state index is 4.42. The molecule has 0 saturated heterocycles. The van der Waals surface area contributed by atoms with Gasteiger partial charge in [0.05, 0.1) is 0 Å². The number of imidazole rings is 1. The van der Waals surface area contributed by atoms with Crippen LogP contribution in [0.4, 0.5) is 0 Å². The van der Waals surface area contributed by atoms with E-state index in [4.69, 9.17) is 0 Å². The van der Waals surface area contributed by atoms with E-state index in [9.17, 15) is 0 Å². The fraction of sp³-hybridized carbons (Fsp3) is 0.438. The molecule has 1 atom stereocenters. The predicted molar refractivity (Wildman–Crippen MR) is 80.0 cm³/mol. The van der Waals surface area contributed by atoms with Crippen molar-refractivity contribution >= 4 is 0 Å². The molecule has 2 rings (SSSR count). The third-order valence-electron chi connectivity index (χ3n) is 3.42. The molecular formula is C16H23N3. The summed E-state index contributed by atoms with van der Waals surface area (Å²) in [7, 11) is 2.03. The number of aromatic nitrogens is 2. The molecule has 1 N–H and O–H groups in total. The topological polar surface area (TPSA) is 29.9 Å². The van der Waals surface area contributed by atoms with Gasteiger partial charge in [0.25, 0.3) is 0 Å². The molecule has 19 heavy (non-hydrogen) atoms. The van der Waals surface area contributed by atoms with Crippen LogP contribution in [0.25, 0.3) is 11.4 Å². The standard InChI is InChI=1S/C16H23N3/c1-4-9-17-15(5-2)13-7-6-8-14(12-13)16-18-10-11-19(16)3/h6-8,10-12,15,17H,4-5,9H2,1-3H3. The van der Waals surface area contributed by atoms with Gasteiger partial charge in [-0.15, -0.1) is 0 Å². The van der Waals surface area contributed by atoms with Gasteiger partial charge in [-0.1, -0.05) is 32.0 Å². The highest BCUT2D eigenvalue weighted by atomic mass is 15.0. The van der Waals surface area contributed by atoms with Crippen LogP contribution in [0.2, 0.25) is 0 Å². The van der Waals surface area contributed by atoms with Crippen LogP contribution in [-0.2, 0) is 7.05 Å². The number of nitrogens with one attached hydrogen (secondary N) is 1. The van der Waals surface area contributed by atoms with Crippen molar-refractivity contribution < 1.29 is 0 Å². The van der Waals surface area contributed by atoms with Crippen molar-refractivity contribution in [3.8, 4) is 11.4 Å². The SMILES string of the molecule is CCCNC(CC)c1cccc(-c2nccn2C)c1. The summed E-state index contributed by atoms with van der Waals surface area (Å²) >= 11 is 0. The Hall–Kier alpha value is -1.61. The van der Waals surface area contributed by atoms with E-state index in [1.165, 1.54) is 11.1 Å². The van der Waals surface area contributed by atoms with Gasteiger partial charge in [-0.05, 0) is 31.0 Å². The quantitative estimate of drug-likeness (QED) is 0.858. The predicted octanol–water partition coefficient (Wildman–Crippen LogP) is 3.54. The Morgan fingerprint density at radius 1 is 1.32 bits per heavy atom. The van der Waals surface area contributed by atoms with Crippen molar-refractivity contribution in [2.24, 2.45) is 7.05 Å². The first-order valence-electron chi connectivity index (χ1n) is 7.07. The molecule has 3 nitrogen and oxygen atoms in total. The maximum absolute atomic E-state index is 4.42. The van der Waals surface area contributed by atoms with Gasteiger partial charge in [0.1, 0.15) is 5.82 Å². The van der Waals surface area contributed by atoms with Gasteiger partial charge in [-0.25, -0.2) is 4.98 Å². The lowest BCUT2D eigenvalue weighted by Gasteiger charge is -2.17. The van der Waals surface area contributed by atoms with Gasteiger partial charge in [-0.2, -0.15) is 0 Å². The van der Waals surface area contributed by atoms with Crippen LogP contribution in [0.15, 0.2) is 36.7 Å². The van der Waals surface area contributed by atoms with Crippen LogP contribution in [0.5, 0.6) is 0 Å². The summed E-state index contributed by atoms with van der Waals surface area (Å²) in [6, 6.07) is 9.12.